The molecule has 4 aromatic rings. The molecule has 1 aliphatic heterocycles. The van der Waals surface area contributed by atoms with Gasteiger partial charge in [-0.05, 0) is 39.6 Å². The van der Waals surface area contributed by atoms with Crippen molar-refractivity contribution in [1.29, 1.82) is 0 Å². The number of carbonyl (C=O) groups excluding carboxylic acids is 1. The summed E-state index contributed by atoms with van der Waals surface area (Å²) in [7, 11) is 1.87. The Morgan fingerprint density at radius 3 is 2.27 bits per heavy atom. The van der Waals surface area contributed by atoms with Gasteiger partial charge in [-0.1, -0.05) is 91.0 Å². The highest BCUT2D eigenvalue weighted by Crippen LogP contribution is 2.54. The van der Waals surface area contributed by atoms with E-state index in [4.69, 9.17) is 0 Å². The molecule has 4 aromatic carbocycles. The minimum Gasteiger partial charge on any atom is -0.314 e. The number of anilines is 1. The molecule has 0 radical (unpaired) electrons. The molecule has 0 aliphatic carbocycles. The lowest BCUT2D eigenvalue weighted by Gasteiger charge is -2.36. The number of fused-ring (bicyclic) bond motifs is 2. The quantitative estimate of drug-likeness (QED) is 0.388. The van der Waals surface area contributed by atoms with Crippen LogP contribution in [0, 0.1) is 0 Å². The first-order valence-corrected chi connectivity index (χ1v) is 10.2. The summed E-state index contributed by atoms with van der Waals surface area (Å²) in [4.78, 5) is 15.9. The van der Waals surface area contributed by atoms with Gasteiger partial charge in [-0.25, -0.2) is 0 Å². The summed E-state index contributed by atoms with van der Waals surface area (Å²) >= 11 is 0. The van der Waals surface area contributed by atoms with Crippen LogP contribution in [0.4, 0.5) is 5.69 Å². The fraction of sp³-hybridized carbons (Fsp3) is 0.107. The van der Waals surface area contributed by atoms with Crippen LogP contribution < -0.4 is 4.90 Å². The van der Waals surface area contributed by atoms with Gasteiger partial charge < -0.3 is 4.90 Å². The van der Waals surface area contributed by atoms with Crippen LogP contribution in [0.5, 0.6) is 0 Å². The maximum absolute atomic E-state index is 14.1. The standard InChI is InChI=1S/C28H23NO/c1-3-24(21-12-5-4-6-13-21)28(23-18-17-20-11-7-8-14-22(20)19-23)25-15-9-10-16-26(25)29(2)27(28)30/h3-19,24H,1H2,2H3. The summed E-state index contributed by atoms with van der Waals surface area (Å²) in [5.41, 5.74) is 3.20. The highest BCUT2D eigenvalue weighted by molar-refractivity contribution is 6.11. The summed E-state index contributed by atoms with van der Waals surface area (Å²) in [5.74, 6) is -0.119. The summed E-state index contributed by atoms with van der Waals surface area (Å²) < 4.78 is 0. The molecule has 146 valence electrons. The zero-order valence-electron chi connectivity index (χ0n) is 17.0. The van der Waals surface area contributed by atoms with Crippen molar-refractivity contribution in [3.8, 4) is 0 Å². The fourth-order valence-electron chi connectivity index (χ4n) is 5.01. The minimum atomic E-state index is -0.863. The number of amides is 1. The van der Waals surface area contributed by atoms with Crippen molar-refractivity contribution in [2.45, 2.75) is 11.3 Å². The van der Waals surface area contributed by atoms with Gasteiger partial charge in [-0.3, -0.25) is 4.79 Å². The third-order valence-electron chi connectivity index (χ3n) is 6.40. The van der Waals surface area contributed by atoms with E-state index in [-0.39, 0.29) is 11.8 Å². The van der Waals surface area contributed by atoms with Gasteiger partial charge in [0, 0.05) is 18.7 Å². The maximum Gasteiger partial charge on any atom is 0.242 e. The molecular weight excluding hydrogens is 366 g/mol. The molecule has 1 heterocycles. The van der Waals surface area contributed by atoms with Crippen molar-refractivity contribution in [2.75, 3.05) is 11.9 Å². The normalized spacial score (nSPS) is 19.0. The monoisotopic (exact) mass is 389 g/mol. The molecule has 0 bridgehead atoms. The number of para-hydroxylation sites is 1. The lowest BCUT2D eigenvalue weighted by Crippen LogP contribution is -2.44. The van der Waals surface area contributed by atoms with E-state index in [1.54, 1.807) is 4.90 Å². The number of benzene rings is 4. The van der Waals surface area contributed by atoms with Crippen LogP contribution in [0.1, 0.15) is 22.6 Å². The van der Waals surface area contributed by atoms with Gasteiger partial charge in [0.15, 0.2) is 0 Å². The molecule has 1 aliphatic rings. The third kappa shape index (κ3) is 2.47. The zero-order chi connectivity index (χ0) is 20.7. The number of allylic oxidation sites excluding steroid dienone is 1. The summed E-state index contributed by atoms with van der Waals surface area (Å²) in [6, 6.07) is 33.0. The second kappa shape index (κ2) is 7.00. The van der Waals surface area contributed by atoms with Crippen molar-refractivity contribution in [3.05, 3.63) is 126 Å². The summed E-state index contributed by atoms with van der Waals surface area (Å²) in [6.07, 6.45) is 1.93. The van der Waals surface area contributed by atoms with Gasteiger partial charge in [0.2, 0.25) is 5.91 Å². The van der Waals surface area contributed by atoms with Crippen LogP contribution in [0.2, 0.25) is 0 Å². The Labute approximate surface area is 177 Å². The fourth-order valence-corrected chi connectivity index (χ4v) is 5.01. The summed E-state index contributed by atoms with van der Waals surface area (Å²) in [6.45, 7) is 4.18. The molecule has 0 saturated heterocycles. The molecule has 2 unspecified atom stereocenters. The summed E-state index contributed by atoms with van der Waals surface area (Å²) in [5, 5.41) is 2.29. The molecule has 1 amide bonds. The molecule has 2 heteroatoms. The molecule has 30 heavy (non-hydrogen) atoms. The Morgan fingerprint density at radius 1 is 0.833 bits per heavy atom. The number of rotatable bonds is 4. The average Bonchev–Trinajstić information content (AvgIpc) is 3.03. The zero-order valence-corrected chi connectivity index (χ0v) is 17.0. The maximum atomic E-state index is 14.1. The predicted molar refractivity (Wildman–Crippen MR) is 124 cm³/mol. The molecule has 0 aromatic heterocycles. The number of carbonyl (C=O) groups is 1. The Balaban J connectivity index is 1.87. The van der Waals surface area contributed by atoms with Crippen LogP contribution >= 0.6 is 0 Å². The number of hydrogen-bond donors (Lipinski definition) is 0. The third-order valence-corrected chi connectivity index (χ3v) is 6.40. The molecule has 2 atom stereocenters. The molecule has 0 saturated carbocycles. The first-order valence-electron chi connectivity index (χ1n) is 10.2. The Hall–Kier alpha value is -3.65. The molecule has 5 rings (SSSR count). The highest BCUT2D eigenvalue weighted by Gasteiger charge is 2.55. The van der Waals surface area contributed by atoms with Crippen LogP contribution in [0.3, 0.4) is 0 Å². The lowest BCUT2D eigenvalue weighted by atomic mass is 9.64. The first-order chi connectivity index (χ1) is 14.7. The highest BCUT2D eigenvalue weighted by atomic mass is 16.2. The largest absolute Gasteiger partial charge is 0.314 e. The van der Waals surface area contributed by atoms with E-state index in [9.17, 15) is 4.79 Å². The van der Waals surface area contributed by atoms with E-state index in [1.165, 1.54) is 5.39 Å². The van der Waals surface area contributed by atoms with Gasteiger partial charge in [0.1, 0.15) is 5.41 Å². The first kappa shape index (κ1) is 18.4. The van der Waals surface area contributed by atoms with E-state index < -0.39 is 5.41 Å². The lowest BCUT2D eigenvalue weighted by molar-refractivity contribution is -0.121. The molecule has 0 spiro atoms. The van der Waals surface area contributed by atoms with Crippen molar-refractivity contribution in [1.82, 2.24) is 0 Å². The van der Waals surface area contributed by atoms with Gasteiger partial charge in [-0.15, -0.1) is 6.58 Å². The number of likely N-dealkylation sites (N-methyl/N-ethyl adjacent to an activating group) is 1. The van der Waals surface area contributed by atoms with E-state index in [2.05, 4.69) is 55.1 Å². The van der Waals surface area contributed by atoms with Crippen molar-refractivity contribution < 1.29 is 4.79 Å². The van der Waals surface area contributed by atoms with Crippen molar-refractivity contribution in [2.24, 2.45) is 0 Å². The second-order valence-corrected chi connectivity index (χ2v) is 7.88. The average molecular weight is 389 g/mol. The SMILES string of the molecule is C=CC(c1ccccc1)C1(c2ccc3ccccc3c2)C(=O)N(C)c2ccccc21. The van der Waals surface area contributed by atoms with Gasteiger partial charge >= 0.3 is 0 Å². The number of nitrogens with zero attached hydrogens (tertiary/aromatic N) is 1. The van der Waals surface area contributed by atoms with Gasteiger partial charge in [0.25, 0.3) is 0 Å². The van der Waals surface area contributed by atoms with E-state index in [1.807, 2.05) is 61.7 Å². The Bertz CT molecular complexity index is 1260. The van der Waals surface area contributed by atoms with Crippen LogP contribution in [-0.2, 0) is 10.2 Å². The van der Waals surface area contributed by atoms with Gasteiger partial charge in [0.05, 0.1) is 0 Å². The molecule has 0 N–H and O–H groups in total. The van der Waals surface area contributed by atoms with Crippen LogP contribution in [-0.4, -0.2) is 13.0 Å². The smallest absolute Gasteiger partial charge is 0.242 e. The molecule has 0 fully saturated rings. The predicted octanol–water partition coefficient (Wildman–Crippen LogP) is 6.07. The van der Waals surface area contributed by atoms with Crippen molar-refractivity contribution >= 4 is 22.4 Å². The number of hydrogen-bond acceptors (Lipinski definition) is 1. The van der Waals surface area contributed by atoms with Crippen LogP contribution in [0.15, 0.2) is 110 Å². The molecular formula is C28H23NO. The minimum absolute atomic E-state index is 0.0766. The van der Waals surface area contributed by atoms with Gasteiger partial charge in [-0.2, -0.15) is 0 Å². The van der Waals surface area contributed by atoms with E-state index in [0.717, 1.165) is 27.8 Å². The van der Waals surface area contributed by atoms with Crippen LogP contribution in [0.25, 0.3) is 10.8 Å². The topological polar surface area (TPSA) is 20.3 Å². The van der Waals surface area contributed by atoms with E-state index >= 15 is 0 Å². The second-order valence-electron chi connectivity index (χ2n) is 7.88. The Morgan fingerprint density at radius 2 is 1.50 bits per heavy atom. The Kier molecular flexibility index (Phi) is 4.29. The molecule has 2 nitrogen and oxygen atoms in total. The van der Waals surface area contributed by atoms with Crippen molar-refractivity contribution in [3.63, 3.8) is 0 Å². The van der Waals surface area contributed by atoms with E-state index in [0.29, 0.717) is 0 Å².